The summed E-state index contributed by atoms with van der Waals surface area (Å²) in [6.45, 7) is 6.61. The second-order valence-corrected chi connectivity index (χ2v) is 4.90. The van der Waals surface area contributed by atoms with Crippen LogP contribution in [0.1, 0.15) is 48.4 Å². The fourth-order valence-electron chi connectivity index (χ4n) is 1.54. The quantitative estimate of drug-likeness (QED) is 0.471. The molecule has 0 saturated carbocycles. The monoisotopic (exact) mass is 295 g/mol. The molecule has 21 heavy (non-hydrogen) atoms. The lowest BCUT2D eigenvalue weighted by molar-refractivity contribution is -0.385. The van der Waals surface area contributed by atoms with Gasteiger partial charge >= 0.3 is 11.9 Å². The van der Waals surface area contributed by atoms with Crippen LogP contribution in [-0.4, -0.2) is 29.1 Å². The van der Waals surface area contributed by atoms with Crippen LogP contribution in [0.3, 0.4) is 0 Å². The summed E-state index contributed by atoms with van der Waals surface area (Å²) in [6.07, 6.45) is -0.746. The Morgan fingerprint density at radius 3 is 2.05 bits per heavy atom. The summed E-state index contributed by atoms with van der Waals surface area (Å²) in [5, 5.41) is 11.1. The van der Waals surface area contributed by atoms with Gasteiger partial charge in [0.05, 0.1) is 22.7 Å². The number of esters is 2. The number of nitro benzene ring substituents is 1. The first-order valence-corrected chi connectivity index (χ1v) is 6.42. The lowest BCUT2D eigenvalue weighted by Gasteiger charge is -2.10. The first-order valence-electron chi connectivity index (χ1n) is 6.42. The molecule has 114 valence electrons. The van der Waals surface area contributed by atoms with E-state index < -0.39 is 28.7 Å². The highest BCUT2D eigenvalue weighted by molar-refractivity contribution is 5.97. The van der Waals surface area contributed by atoms with Crippen LogP contribution < -0.4 is 0 Å². The molecule has 0 unspecified atom stereocenters. The van der Waals surface area contributed by atoms with Crippen molar-refractivity contribution < 1.29 is 24.0 Å². The van der Waals surface area contributed by atoms with E-state index in [-0.39, 0.29) is 17.2 Å². The molecule has 0 amide bonds. The molecule has 0 N–H and O–H groups in total. The Balaban J connectivity index is 3.16. The standard InChI is InChI=1S/C14H17NO6/c1-8(2)20-13(16)10-5-6-11(12(7-10)15(18)19)14(17)21-9(3)4/h5-9H,1-4H3. The molecule has 0 saturated heterocycles. The molecule has 0 heterocycles. The van der Waals surface area contributed by atoms with Gasteiger partial charge in [0.15, 0.2) is 0 Å². The smallest absolute Gasteiger partial charge is 0.345 e. The van der Waals surface area contributed by atoms with Gasteiger partial charge in [0.25, 0.3) is 5.69 Å². The predicted molar refractivity (Wildman–Crippen MR) is 74.2 cm³/mol. The van der Waals surface area contributed by atoms with Crippen LogP contribution in [0, 0.1) is 10.1 Å². The average Bonchev–Trinajstić information content (AvgIpc) is 2.36. The van der Waals surface area contributed by atoms with Gasteiger partial charge in [0, 0.05) is 6.07 Å². The van der Waals surface area contributed by atoms with E-state index in [1.54, 1.807) is 27.7 Å². The van der Waals surface area contributed by atoms with E-state index in [1.807, 2.05) is 0 Å². The number of hydrogen-bond donors (Lipinski definition) is 0. The van der Waals surface area contributed by atoms with Gasteiger partial charge in [0.1, 0.15) is 5.56 Å². The summed E-state index contributed by atoms with van der Waals surface area (Å²) < 4.78 is 9.89. The Hall–Kier alpha value is -2.44. The molecule has 0 radical (unpaired) electrons. The highest BCUT2D eigenvalue weighted by Gasteiger charge is 2.24. The van der Waals surface area contributed by atoms with Crippen LogP contribution in [0.5, 0.6) is 0 Å². The molecule has 0 atom stereocenters. The third kappa shape index (κ3) is 4.55. The van der Waals surface area contributed by atoms with Crippen LogP contribution in [0.2, 0.25) is 0 Å². The Labute approximate surface area is 122 Å². The Morgan fingerprint density at radius 1 is 1.05 bits per heavy atom. The van der Waals surface area contributed by atoms with Crippen molar-refractivity contribution in [2.75, 3.05) is 0 Å². The highest BCUT2D eigenvalue weighted by atomic mass is 16.6. The molecule has 0 bridgehead atoms. The molecule has 1 rings (SSSR count). The normalized spacial score (nSPS) is 10.6. The van der Waals surface area contributed by atoms with Crippen molar-refractivity contribution in [1.29, 1.82) is 0 Å². The summed E-state index contributed by atoms with van der Waals surface area (Å²) in [5.41, 5.74) is -0.676. The van der Waals surface area contributed by atoms with E-state index >= 15 is 0 Å². The number of rotatable bonds is 5. The number of ether oxygens (including phenoxy) is 2. The number of benzene rings is 1. The minimum atomic E-state index is -0.805. The first-order chi connectivity index (χ1) is 9.72. The average molecular weight is 295 g/mol. The maximum absolute atomic E-state index is 11.8. The zero-order valence-electron chi connectivity index (χ0n) is 12.3. The zero-order valence-corrected chi connectivity index (χ0v) is 12.3. The number of nitrogens with zero attached hydrogens (tertiary/aromatic N) is 1. The SMILES string of the molecule is CC(C)OC(=O)c1ccc(C(=O)OC(C)C)c([N+](=O)[O-])c1. The molecule has 0 aliphatic rings. The minimum absolute atomic E-state index is 0.0106. The summed E-state index contributed by atoms with van der Waals surface area (Å²) >= 11 is 0. The molecule has 1 aromatic rings. The Morgan fingerprint density at radius 2 is 1.57 bits per heavy atom. The summed E-state index contributed by atoms with van der Waals surface area (Å²) in [4.78, 5) is 33.8. The van der Waals surface area contributed by atoms with Crippen molar-refractivity contribution in [2.24, 2.45) is 0 Å². The van der Waals surface area contributed by atoms with Gasteiger partial charge in [-0.05, 0) is 39.8 Å². The van der Waals surface area contributed by atoms with Gasteiger partial charge in [-0.2, -0.15) is 0 Å². The predicted octanol–water partition coefficient (Wildman–Crippen LogP) is 2.73. The Bertz CT molecular complexity index is 565. The second-order valence-electron chi connectivity index (χ2n) is 4.90. The van der Waals surface area contributed by atoms with Gasteiger partial charge < -0.3 is 9.47 Å². The topological polar surface area (TPSA) is 95.7 Å². The van der Waals surface area contributed by atoms with E-state index in [0.717, 1.165) is 6.07 Å². The van der Waals surface area contributed by atoms with E-state index in [1.165, 1.54) is 12.1 Å². The molecule has 1 aromatic carbocycles. The lowest BCUT2D eigenvalue weighted by atomic mass is 10.1. The molecular formula is C14H17NO6. The molecule has 0 aliphatic heterocycles. The molecule has 7 heteroatoms. The van der Waals surface area contributed by atoms with E-state index in [0.29, 0.717) is 0 Å². The third-order valence-corrected chi connectivity index (χ3v) is 2.34. The van der Waals surface area contributed by atoms with E-state index in [2.05, 4.69) is 0 Å². The second kappa shape index (κ2) is 6.83. The fraction of sp³-hybridized carbons (Fsp3) is 0.429. The van der Waals surface area contributed by atoms with Crippen LogP contribution in [0.25, 0.3) is 0 Å². The van der Waals surface area contributed by atoms with Crippen molar-refractivity contribution in [3.63, 3.8) is 0 Å². The third-order valence-electron chi connectivity index (χ3n) is 2.34. The number of carbonyl (C=O) groups excluding carboxylic acids is 2. The summed E-state index contributed by atoms with van der Waals surface area (Å²) in [6, 6.07) is 3.51. The van der Waals surface area contributed by atoms with Gasteiger partial charge in [0.2, 0.25) is 0 Å². The van der Waals surface area contributed by atoms with Gasteiger partial charge in [-0.3, -0.25) is 10.1 Å². The number of carbonyl (C=O) groups is 2. The van der Waals surface area contributed by atoms with Crippen molar-refractivity contribution in [2.45, 2.75) is 39.9 Å². The zero-order chi connectivity index (χ0) is 16.2. The first kappa shape index (κ1) is 16.6. The highest BCUT2D eigenvalue weighted by Crippen LogP contribution is 2.22. The van der Waals surface area contributed by atoms with Crippen molar-refractivity contribution in [3.8, 4) is 0 Å². The van der Waals surface area contributed by atoms with Gasteiger partial charge in [-0.25, -0.2) is 9.59 Å². The van der Waals surface area contributed by atoms with Crippen LogP contribution in [0.15, 0.2) is 18.2 Å². The Kier molecular flexibility index (Phi) is 5.40. The summed E-state index contributed by atoms with van der Waals surface area (Å²) in [7, 11) is 0. The maximum Gasteiger partial charge on any atom is 0.345 e. The molecule has 0 aromatic heterocycles. The minimum Gasteiger partial charge on any atom is -0.459 e. The maximum atomic E-state index is 11.8. The molecule has 7 nitrogen and oxygen atoms in total. The van der Waals surface area contributed by atoms with Gasteiger partial charge in [-0.15, -0.1) is 0 Å². The van der Waals surface area contributed by atoms with E-state index in [9.17, 15) is 19.7 Å². The summed E-state index contributed by atoms with van der Waals surface area (Å²) in [5.74, 6) is -1.49. The fourth-order valence-corrected chi connectivity index (χ4v) is 1.54. The van der Waals surface area contributed by atoms with Crippen molar-refractivity contribution in [3.05, 3.63) is 39.4 Å². The number of nitro groups is 1. The van der Waals surface area contributed by atoms with Crippen LogP contribution >= 0.6 is 0 Å². The molecule has 0 spiro atoms. The largest absolute Gasteiger partial charge is 0.459 e. The van der Waals surface area contributed by atoms with Crippen molar-refractivity contribution in [1.82, 2.24) is 0 Å². The molecular weight excluding hydrogens is 278 g/mol. The molecule has 0 aliphatic carbocycles. The van der Waals surface area contributed by atoms with Crippen LogP contribution in [-0.2, 0) is 9.47 Å². The lowest BCUT2D eigenvalue weighted by Crippen LogP contribution is -2.15. The van der Waals surface area contributed by atoms with Crippen LogP contribution in [0.4, 0.5) is 5.69 Å². The van der Waals surface area contributed by atoms with Crippen molar-refractivity contribution >= 4 is 17.6 Å². The van der Waals surface area contributed by atoms with Gasteiger partial charge in [-0.1, -0.05) is 0 Å². The van der Waals surface area contributed by atoms with E-state index in [4.69, 9.17) is 9.47 Å². The molecule has 0 fully saturated rings. The number of hydrogen-bond acceptors (Lipinski definition) is 6.